The zero-order chi connectivity index (χ0) is 11.0. The van der Waals surface area contributed by atoms with Gasteiger partial charge in [0.15, 0.2) is 0 Å². The molecule has 16 heavy (non-hydrogen) atoms. The molecule has 3 rings (SSSR count). The molecule has 0 saturated carbocycles. The third-order valence-corrected chi connectivity index (χ3v) is 3.89. The van der Waals surface area contributed by atoms with Crippen molar-refractivity contribution >= 4 is 17.6 Å². The summed E-state index contributed by atoms with van der Waals surface area (Å²) in [4.78, 5) is 13.3. The zero-order valence-electron chi connectivity index (χ0n) is 8.72. The summed E-state index contributed by atoms with van der Waals surface area (Å²) in [5.74, 6) is 0. The van der Waals surface area contributed by atoms with Gasteiger partial charge in [-0.2, -0.15) is 0 Å². The summed E-state index contributed by atoms with van der Waals surface area (Å²) in [5.41, 5.74) is 2.08. The fraction of sp³-hybridized carbons (Fsp3) is 0.154. The van der Waals surface area contributed by atoms with E-state index in [0.717, 1.165) is 29.0 Å². The van der Waals surface area contributed by atoms with Gasteiger partial charge in [0.2, 0.25) is 0 Å². The number of rotatable bonds is 1. The van der Waals surface area contributed by atoms with Crippen LogP contribution in [0.5, 0.6) is 0 Å². The smallest absolute Gasteiger partial charge is 0.268 e. The lowest BCUT2D eigenvalue weighted by Crippen LogP contribution is -2.15. The van der Waals surface area contributed by atoms with Gasteiger partial charge in [-0.15, -0.1) is 0 Å². The van der Waals surface area contributed by atoms with E-state index in [0.29, 0.717) is 0 Å². The molecule has 1 aromatic heterocycles. The van der Waals surface area contributed by atoms with Crippen LogP contribution in [0.3, 0.4) is 0 Å². The Morgan fingerprint density at radius 1 is 1.19 bits per heavy atom. The molecule has 0 fully saturated rings. The van der Waals surface area contributed by atoms with Gasteiger partial charge < -0.3 is 0 Å². The summed E-state index contributed by atoms with van der Waals surface area (Å²) in [6.07, 6.45) is 6.05. The first kappa shape index (κ1) is 9.60. The monoisotopic (exact) mass is 229 g/mol. The lowest BCUT2D eigenvalue weighted by molar-refractivity contribution is 0.958. The van der Waals surface area contributed by atoms with Crippen LogP contribution in [-0.2, 0) is 6.42 Å². The van der Waals surface area contributed by atoms with E-state index in [1.807, 2.05) is 30.3 Å². The maximum absolute atomic E-state index is 12.2. The molecular formula is C13H11NOS. The highest BCUT2D eigenvalue weighted by molar-refractivity contribution is 7.08. The van der Waals surface area contributed by atoms with Crippen molar-refractivity contribution in [3.63, 3.8) is 0 Å². The van der Waals surface area contributed by atoms with Crippen molar-refractivity contribution in [3.8, 4) is 5.69 Å². The second-order valence-corrected chi connectivity index (χ2v) is 4.80. The summed E-state index contributed by atoms with van der Waals surface area (Å²) in [6, 6.07) is 9.80. The maximum Gasteiger partial charge on any atom is 0.269 e. The average Bonchev–Trinajstić information content (AvgIpc) is 2.69. The van der Waals surface area contributed by atoms with E-state index < -0.39 is 0 Å². The minimum atomic E-state index is 0.149. The molecule has 3 heteroatoms. The third kappa shape index (κ3) is 1.44. The SMILES string of the molecule is O=c1c2c(sn1-c1ccccc1)C=CCC2. The fourth-order valence-electron chi connectivity index (χ4n) is 1.94. The van der Waals surface area contributed by atoms with Gasteiger partial charge in [-0.25, -0.2) is 3.96 Å². The number of nitrogens with zero attached hydrogens (tertiary/aromatic N) is 1. The number of para-hydroxylation sites is 1. The van der Waals surface area contributed by atoms with E-state index in [-0.39, 0.29) is 5.56 Å². The quantitative estimate of drug-likeness (QED) is 0.737. The predicted molar refractivity (Wildman–Crippen MR) is 67.3 cm³/mol. The minimum absolute atomic E-state index is 0.149. The summed E-state index contributed by atoms with van der Waals surface area (Å²) >= 11 is 1.53. The molecule has 0 N–H and O–H groups in total. The normalized spacial score (nSPS) is 13.8. The molecule has 0 bridgehead atoms. The van der Waals surface area contributed by atoms with Crippen LogP contribution in [-0.4, -0.2) is 3.96 Å². The molecule has 1 aliphatic rings. The van der Waals surface area contributed by atoms with E-state index in [4.69, 9.17) is 0 Å². The highest BCUT2D eigenvalue weighted by Gasteiger charge is 2.15. The lowest BCUT2D eigenvalue weighted by atomic mass is 10.1. The zero-order valence-corrected chi connectivity index (χ0v) is 9.54. The van der Waals surface area contributed by atoms with Crippen LogP contribution < -0.4 is 5.56 Å². The second-order valence-electron chi connectivity index (χ2n) is 3.81. The van der Waals surface area contributed by atoms with Crippen LogP contribution in [0.2, 0.25) is 0 Å². The highest BCUT2D eigenvalue weighted by Crippen LogP contribution is 2.23. The van der Waals surface area contributed by atoms with E-state index >= 15 is 0 Å². The minimum Gasteiger partial charge on any atom is -0.268 e. The Morgan fingerprint density at radius 3 is 2.75 bits per heavy atom. The molecule has 1 heterocycles. The number of hydrogen-bond acceptors (Lipinski definition) is 2. The molecular weight excluding hydrogens is 218 g/mol. The molecule has 1 aliphatic carbocycles. The number of aromatic nitrogens is 1. The summed E-state index contributed by atoms with van der Waals surface area (Å²) in [5, 5.41) is 0. The molecule has 0 spiro atoms. The summed E-state index contributed by atoms with van der Waals surface area (Å²) in [6.45, 7) is 0. The van der Waals surface area contributed by atoms with E-state index in [1.54, 1.807) is 3.96 Å². The van der Waals surface area contributed by atoms with Crippen molar-refractivity contribution in [1.29, 1.82) is 0 Å². The van der Waals surface area contributed by atoms with Crippen molar-refractivity contribution < 1.29 is 0 Å². The lowest BCUT2D eigenvalue weighted by Gasteiger charge is -1.99. The van der Waals surface area contributed by atoms with E-state index in [2.05, 4.69) is 12.2 Å². The second kappa shape index (κ2) is 3.76. The van der Waals surface area contributed by atoms with Crippen molar-refractivity contribution in [2.24, 2.45) is 0 Å². The Morgan fingerprint density at radius 2 is 2.00 bits per heavy atom. The predicted octanol–water partition coefficient (Wildman–Crippen LogP) is 2.86. The Kier molecular flexibility index (Phi) is 2.26. The highest BCUT2D eigenvalue weighted by atomic mass is 32.1. The first-order chi connectivity index (χ1) is 7.86. The van der Waals surface area contributed by atoms with Crippen LogP contribution in [0.15, 0.2) is 41.2 Å². The molecule has 0 amide bonds. The van der Waals surface area contributed by atoms with Gasteiger partial charge in [0, 0.05) is 5.56 Å². The van der Waals surface area contributed by atoms with Crippen LogP contribution >= 0.6 is 11.5 Å². The first-order valence-corrected chi connectivity index (χ1v) is 6.11. The van der Waals surface area contributed by atoms with Crippen molar-refractivity contribution in [1.82, 2.24) is 3.96 Å². The number of hydrogen-bond donors (Lipinski definition) is 0. The molecule has 0 atom stereocenters. The van der Waals surface area contributed by atoms with Gasteiger partial charge in [0.25, 0.3) is 5.56 Å². The molecule has 0 radical (unpaired) electrons. The van der Waals surface area contributed by atoms with E-state index in [9.17, 15) is 4.79 Å². The molecule has 80 valence electrons. The van der Waals surface area contributed by atoms with Gasteiger partial charge in [-0.05, 0) is 31.1 Å². The van der Waals surface area contributed by atoms with Crippen molar-refractivity contribution in [3.05, 3.63) is 57.2 Å². The number of fused-ring (bicyclic) bond motifs is 1. The molecule has 1 aromatic carbocycles. The summed E-state index contributed by atoms with van der Waals surface area (Å²) in [7, 11) is 0. The van der Waals surface area contributed by atoms with Crippen LogP contribution in [0.4, 0.5) is 0 Å². The number of allylic oxidation sites excluding steroid dienone is 1. The summed E-state index contributed by atoms with van der Waals surface area (Å²) < 4.78 is 1.78. The molecule has 2 aromatic rings. The molecule has 0 unspecified atom stereocenters. The van der Waals surface area contributed by atoms with E-state index in [1.165, 1.54) is 11.5 Å². The topological polar surface area (TPSA) is 22.0 Å². The molecule has 2 nitrogen and oxygen atoms in total. The average molecular weight is 229 g/mol. The molecule has 0 saturated heterocycles. The maximum atomic E-state index is 12.2. The van der Waals surface area contributed by atoms with Gasteiger partial charge in [-0.3, -0.25) is 4.79 Å². The van der Waals surface area contributed by atoms with Gasteiger partial charge in [-0.1, -0.05) is 35.8 Å². The standard InChI is InChI=1S/C13H11NOS/c15-13-11-8-4-5-9-12(11)16-14(13)10-6-2-1-3-7-10/h1-3,5-7,9H,4,8H2. The third-order valence-electron chi connectivity index (χ3n) is 2.75. The fourth-order valence-corrected chi connectivity index (χ4v) is 3.01. The van der Waals surface area contributed by atoms with Crippen LogP contribution in [0.1, 0.15) is 16.9 Å². The largest absolute Gasteiger partial charge is 0.269 e. The number of benzene rings is 1. The van der Waals surface area contributed by atoms with Crippen LogP contribution in [0.25, 0.3) is 11.8 Å². The Labute approximate surface area is 97.6 Å². The Balaban J connectivity index is 2.20. The van der Waals surface area contributed by atoms with Gasteiger partial charge in [0.05, 0.1) is 10.6 Å². The van der Waals surface area contributed by atoms with Gasteiger partial charge >= 0.3 is 0 Å². The van der Waals surface area contributed by atoms with Crippen molar-refractivity contribution in [2.45, 2.75) is 12.8 Å². The molecule has 0 aliphatic heterocycles. The van der Waals surface area contributed by atoms with Crippen LogP contribution in [0, 0.1) is 0 Å². The first-order valence-electron chi connectivity index (χ1n) is 5.33. The van der Waals surface area contributed by atoms with Crippen molar-refractivity contribution in [2.75, 3.05) is 0 Å². The Hall–Kier alpha value is -1.61. The van der Waals surface area contributed by atoms with Gasteiger partial charge in [0.1, 0.15) is 0 Å². The Bertz CT molecular complexity index is 592.